The van der Waals surface area contributed by atoms with Crippen molar-refractivity contribution < 1.29 is 28.9 Å². The van der Waals surface area contributed by atoms with Gasteiger partial charge in [0.2, 0.25) is 0 Å². The van der Waals surface area contributed by atoms with Crippen LogP contribution in [0.15, 0.2) is 36.4 Å². The molecule has 1 fully saturated rings. The second-order valence-electron chi connectivity index (χ2n) is 10.8. The summed E-state index contributed by atoms with van der Waals surface area (Å²) in [6, 6.07) is 11.9. The van der Waals surface area contributed by atoms with Gasteiger partial charge in [-0.1, -0.05) is 12.1 Å². The van der Waals surface area contributed by atoms with Crippen molar-refractivity contribution in [3.05, 3.63) is 47.5 Å². The van der Waals surface area contributed by atoms with E-state index in [-0.39, 0.29) is 18.2 Å². The molecule has 8 heteroatoms. The average molecular weight is 527 g/mol. The highest BCUT2D eigenvalue weighted by molar-refractivity contribution is 5.94. The van der Waals surface area contributed by atoms with Crippen LogP contribution in [0.4, 0.5) is 10.5 Å². The molecular formula is C30H42N2O6. The van der Waals surface area contributed by atoms with Crippen LogP contribution in [-0.4, -0.2) is 61.7 Å². The number of amides is 1. The number of benzene rings is 2. The van der Waals surface area contributed by atoms with Gasteiger partial charge in [-0.15, -0.1) is 0 Å². The third-order valence-electron chi connectivity index (χ3n) is 6.86. The first-order valence-electron chi connectivity index (χ1n) is 13.4. The first-order valence-corrected chi connectivity index (χ1v) is 13.4. The molecule has 0 bridgehead atoms. The van der Waals surface area contributed by atoms with Crippen LogP contribution in [0.3, 0.4) is 0 Å². The van der Waals surface area contributed by atoms with Crippen molar-refractivity contribution in [3.63, 3.8) is 0 Å². The molecule has 0 heterocycles. The largest absolute Gasteiger partial charge is 0.491 e. The number of aromatic carboxylic acids is 1. The van der Waals surface area contributed by atoms with Crippen molar-refractivity contribution in [3.8, 4) is 16.9 Å². The van der Waals surface area contributed by atoms with Gasteiger partial charge < -0.3 is 29.5 Å². The molecule has 0 unspecified atom stereocenters. The number of hydrogen-bond acceptors (Lipinski definition) is 6. The topological polar surface area (TPSA) is 97.3 Å². The smallest absolute Gasteiger partial charge is 0.407 e. The van der Waals surface area contributed by atoms with E-state index in [0.717, 1.165) is 60.4 Å². The summed E-state index contributed by atoms with van der Waals surface area (Å²) in [6.45, 7) is 11.3. The van der Waals surface area contributed by atoms with Crippen LogP contribution < -0.4 is 15.0 Å². The quantitative estimate of drug-likeness (QED) is 0.364. The minimum absolute atomic E-state index is 0.0754. The molecule has 1 aliphatic carbocycles. The lowest BCUT2D eigenvalue weighted by atomic mass is 9.89. The van der Waals surface area contributed by atoms with Gasteiger partial charge in [0.25, 0.3) is 0 Å². The zero-order valence-electron chi connectivity index (χ0n) is 23.5. The molecule has 38 heavy (non-hydrogen) atoms. The summed E-state index contributed by atoms with van der Waals surface area (Å²) in [5.74, 6) is -0.199. The lowest BCUT2D eigenvalue weighted by molar-refractivity contribution is 0.0490. The number of rotatable bonds is 10. The van der Waals surface area contributed by atoms with Crippen LogP contribution >= 0.6 is 0 Å². The van der Waals surface area contributed by atoms with E-state index in [4.69, 9.17) is 14.2 Å². The maximum absolute atomic E-state index is 12.2. The van der Waals surface area contributed by atoms with Crippen LogP contribution in [0.2, 0.25) is 0 Å². The molecule has 0 atom stereocenters. The monoisotopic (exact) mass is 526 g/mol. The highest BCUT2D eigenvalue weighted by atomic mass is 16.6. The standard InChI is InChI=1S/C30H42N2O6/c1-7-32(24-12-10-23(11-13-24)31-29(35)38-30(3,4)5)27-19-22(18-26(20(27)2)28(33)34)21-8-14-25(15-9-21)37-17-16-36-6/h8-9,14-15,18-19,23-24H,7,10-13,16-17H2,1-6H3,(H,31,35)(H,33,34). The molecule has 2 aromatic carbocycles. The summed E-state index contributed by atoms with van der Waals surface area (Å²) in [4.78, 5) is 26.7. The van der Waals surface area contributed by atoms with E-state index >= 15 is 0 Å². The van der Waals surface area contributed by atoms with E-state index in [1.807, 2.05) is 52.0 Å². The Morgan fingerprint density at radius 2 is 1.68 bits per heavy atom. The molecule has 2 N–H and O–H groups in total. The molecule has 0 spiro atoms. The Kier molecular flexibility index (Phi) is 10.0. The second kappa shape index (κ2) is 13.0. The Bertz CT molecular complexity index is 1090. The molecule has 2 aromatic rings. The molecule has 1 saturated carbocycles. The Hall–Kier alpha value is -3.26. The minimum atomic E-state index is -0.938. The minimum Gasteiger partial charge on any atom is -0.491 e. The van der Waals surface area contributed by atoms with Crippen LogP contribution in [0.1, 0.15) is 69.3 Å². The molecule has 208 valence electrons. The summed E-state index contributed by atoms with van der Waals surface area (Å²) in [5.41, 5.74) is 3.25. The van der Waals surface area contributed by atoms with E-state index in [1.165, 1.54) is 0 Å². The van der Waals surface area contributed by atoms with E-state index in [2.05, 4.69) is 23.2 Å². The summed E-state index contributed by atoms with van der Waals surface area (Å²) in [7, 11) is 1.63. The second-order valence-corrected chi connectivity index (χ2v) is 10.8. The zero-order chi connectivity index (χ0) is 27.9. The molecule has 0 saturated heterocycles. The summed E-state index contributed by atoms with van der Waals surface area (Å²) in [5, 5.41) is 13.0. The number of hydrogen-bond donors (Lipinski definition) is 2. The predicted molar refractivity (Wildman–Crippen MR) is 149 cm³/mol. The lowest BCUT2D eigenvalue weighted by Crippen LogP contribution is -2.45. The summed E-state index contributed by atoms with van der Waals surface area (Å²) < 4.78 is 16.1. The normalized spacial score (nSPS) is 17.5. The van der Waals surface area contributed by atoms with Crippen molar-refractivity contribution in [2.45, 2.75) is 78.0 Å². The van der Waals surface area contributed by atoms with Gasteiger partial charge in [-0.3, -0.25) is 0 Å². The van der Waals surface area contributed by atoms with E-state index in [9.17, 15) is 14.7 Å². The van der Waals surface area contributed by atoms with Gasteiger partial charge in [-0.2, -0.15) is 0 Å². The third-order valence-corrected chi connectivity index (χ3v) is 6.86. The fourth-order valence-corrected chi connectivity index (χ4v) is 5.00. The highest BCUT2D eigenvalue weighted by Gasteiger charge is 2.29. The van der Waals surface area contributed by atoms with Crippen LogP contribution in [0.5, 0.6) is 5.75 Å². The first kappa shape index (κ1) is 29.3. The number of carbonyl (C=O) groups excluding carboxylic acids is 1. The zero-order valence-corrected chi connectivity index (χ0v) is 23.5. The lowest BCUT2D eigenvalue weighted by Gasteiger charge is -2.39. The van der Waals surface area contributed by atoms with Crippen molar-refractivity contribution in [1.29, 1.82) is 0 Å². The van der Waals surface area contributed by atoms with Gasteiger partial charge in [0, 0.05) is 31.4 Å². The molecule has 1 aliphatic rings. The van der Waals surface area contributed by atoms with Crippen LogP contribution in [0.25, 0.3) is 11.1 Å². The number of ether oxygens (including phenoxy) is 3. The SMILES string of the molecule is CCN(c1cc(-c2ccc(OCCOC)cc2)cc(C(=O)O)c1C)C1CCC(NC(=O)OC(C)(C)C)CC1. The van der Waals surface area contributed by atoms with Crippen molar-refractivity contribution in [2.24, 2.45) is 0 Å². The number of carboxylic acids is 1. The first-order chi connectivity index (χ1) is 18.0. The maximum Gasteiger partial charge on any atom is 0.407 e. The highest BCUT2D eigenvalue weighted by Crippen LogP contribution is 2.35. The number of nitrogens with zero attached hydrogens (tertiary/aromatic N) is 1. The average Bonchev–Trinajstić information content (AvgIpc) is 2.85. The number of carbonyl (C=O) groups is 2. The van der Waals surface area contributed by atoms with Crippen molar-refractivity contribution >= 4 is 17.7 Å². The van der Waals surface area contributed by atoms with Gasteiger partial charge in [0.1, 0.15) is 18.0 Å². The Morgan fingerprint density at radius 1 is 1.03 bits per heavy atom. The van der Waals surface area contributed by atoms with Gasteiger partial charge in [-0.05, 0) is 101 Å². The molecular weight excluding hydrogens is 484 g/mol. The van der Waals surface area contributed by atoms with E-state index in [1.54, 1.807) is 13.2 Å². The molecule has 8 nitrogen and oxygen atoms in total. The number of anilines is 1. The summed E-state index contributed by atoms with van der Waals surface area (Å²) >= 11 is 0. The molecule has 0 aromatic heterocycles. The molecule has 0 aliphatic heterocycles. The number of nitrogens with one attached hydrogen (secondary N) is 1. The maximum atomic E-state index is 12.2. The number of methoxy groups -OCH3 is 1. The van der Waals surface area contributed by atoms with Gasteiger partial charge >= 0.3 is 12.1 Å². The van der Waals surface area contributed by atoms with Crippen LogP contribution in [-0.2, 0) is 9.47 Å². The molecule has 3 rings (SSSR count). The third kappa shape index (κ3) is 7.87. The predicted octanol–water partition coefficient (Wildman–Crippen LogP) is 6.05. The fourth-order valence-electron chi connectivity index (χ4n) is 5.00. The van der Waals surface area contributed by atoms with Crippen LogP contribution in [0, 0.1) is 6.92 Å². The van der Waals surface area contributed by atoms with Crippen molar-refractivity contribution in [1.82, 2.24) is 5.32 Å². The Morgan fingerprint density at radius 3 is 2.24 bits per heavy atom. The molecule has 1 amide bonds. The molecule has 0 radical (unpaired) electrons. The van der Waals surface area contributed by atoms with Gasteiger partial charge in [0.15, 0.2) is 0 Å². The summed E-state index contributed by atoms with van der Waals surface area (Å²) in [6.07, 6.45) is 3.10. The Balaban J connectivity index is 1.79. The van der Waals surface area contributed by atoms with E-state index in [0.29, 0.717) is 18.8 Å². The number of carboxylic acid groups (broad SMARTS) is 1. The van der Waals surface area contributed by atoms with Crippen molar-refractivity contribution in [2.75, 3.05) is 31.8 Å². The Labute approximate surface area is 226 Å². The van der Waals surface area contributed by atoms with E-state index < -0.39 is 11.6 Å². The van der Waals surface area contributed by atoms with Gasteiger partial charge in [-0.25, -0.2) is 9.59 Å². The fraction of sp³-hybridized carbons (Fsp3) is 0.533. The number of alkyl carbamates (subject to hydrolysis) is 1. The van der Waals surface area contributed by atoms with Gasteiger partial charge in [0.05, 0.1) is 12.2 Å².